The van der Waals surface area contributed by atoms with Crippen LogP contribution in [0.2, 0.25) is 0 Å². The van der Waals surface area contributed by atoms with Gasteiger partial charge in [-0.3, -0.25) is 0 Å². The van der Waals surface area contributed by atoms with Crippen molar-refractivity contribution in [2.45, 2.75) is 19.9 Å². The van der Waals surface area contributed by atoms with Crippen LogP contribution in [0.3, 0.4) is 0 Å². The summed E-state index contributed by atoms with van der Waals surface area (Å²) in [5.74, 6) is 1.47. The van der Waals surface area contributed by atoms with Gasteiger partial charge in [0, 0.05) is 29.1 Å². The molecule has 11 heteroatoms. The van der Waals surface area contributed by atoms with Crippen LogP contribution in [0.5, 0.6) is 11.5 Å². The number of fused-ring (bicyclic) bond motifs is 4. The summed E-state index contributed by atoms with van der Waals surface area (Å²) in [5.41, 5.74) is 4.20. The minimum absolute atomic E-state index is 0.243. The van der Waals surface area contributed by atoms with Crippen molar-refractivity contribution in [3.8, 4) is 22.1 Å². The van der Waals surface area contributed by atoms with Gasteiger partial charge in [-0.25, -0.2) is 14.8 Å². The topological polar surface area (TPSA) is 85.8 Å². The molecular formula is C25H20N4O4S3. The number of hydrogen-bond acceptors (Lipinski definition) is 10. The van der Waals surface area contributed by atoms with E-state index < -0.39 is 0 Å². The molecule has 2 aliphatic rings. The van der Waals surface area contributed by atoms with Crippen LogP contribution >= 0.6 is 34.0 Å². The van der Waals surface area contributed by atoms with Crippen LogP contribution in [0.4, 0.5) is 14.9 Å². The summed E-state index contributed by atoms with van der Waals surface area (Å²) in [6.45, 7) is 3.59. The number of nitrogens with zero attached hydrogens (tertiary/aromatic N) is 3. The Labute approximate surface area is 218 Å². The summed E-state index contributed by atoms with van der Waals surface area (Å²) < 4.78 is 18.5. The summed E-state index contributed by atoms with van der Waals surface area (Å²) in [6, 6.07) is 12.1. The first-order chi connectivity index (χ1) is 17.7. The maximum absolute atomic E-state index is 12.4. The maximum atomic E-state index is 12.4. The summed E-state index contributed by atoms with van der Waals surface area (Å²) in [4.78, 5) is 25.1. The minimum Gasteiger partial charge on any atom is -0.454 e. The van der Waals surface area contributed by atoms with E-state index in [1.807, 2.05) is 37.3 Å². The fraction of sp³-hybridized carbons (Fsp3) is 0.240. The van der Waals surface area contributed by atoms with Crippen LogP contribution in [-0.4, -0.2) is 40.9 Å². The Balaban J connectivity index is 1.30. The summed E-state index contributed by atoms with van der Waals surface area (Å²) in [6.07, 6.45) is 0.481. The predicted molar refractivity (Wildman–Crippen MR) is 143 cm³/mol. The van der Waals surface area contributed by atoms with Gasteiger partial charge < -0.3 is 24.4 Å². The van der Waals surface area contributed by atoms with Crippen LogP contribution in [0, 0.1) is 0 Å². The number of carbonyl (C=O) groups excluding carboxylic acids is 1. The third-order valence-electron chi connectivity index (χ3n) is 6.19. The largest absolute Gasteiger partial charge is 0.454 e. The van der Waals surface area contributed by atoms with Crippen molar-refractivity contribution in [1.29, 1.82) is 0 Å². The Kier molecular flexibility index (Phi) is 5.22. The molecule has 0 saturated carbocycles. The minimum atomic E-state index is -0.267. The summed E-state index contributed by atoms with van der Waals surface area (Å²) >= 11 is 4.92. The molecule has 1 amide bonds. The molecule has 36 heavy (non-hydrogen) atoms. The van der Waals surface area contributed by atoms with Crippen LogP contribution in [0.15, 0.2) is 36.4 Å². The molecule has 5 heterocycles. The fourth-order valence-electron chi connectivity index (χ4n) is 4.54. The third-order valence-corrected chi connectivity index (χ3v) is 9.31. The molecule has 0 saturated heterocycles. The number of aromatic nitrogens is 2. The molecule has 8 nitrogen and oxygen atoms in total. The number of para-hydroxylation sites is 1. The van der Waals surface area contributed by atoms with Gasteiger partial charge in [-0.1, -0.05) is 23.5 Å². The third kappa shape index (κ3) is 3.66. The second-order valence-corrected chi connectivity index (χ2v) is 11.5. The molecule has 182 valence electrons. The molecule has 0 unspecified atom stereocenters. The molecule has 0 aliphatic carbocycles. The second kappa shape index (κ2) is 8.61. The molecule has 3 aromatic heterocycles. The van der Waals surface area contributed by atoms with Crippen LogP contribution in [0.1, 0.15) is 17.4 Å². The molecule has 0 atom stereocenters. The SMILES string of the molecule is CCOC(=O)N1CCc2c(sc(Nc3nc4cc5c(cc4s3)OCO5)c2-c2nc3ccccc3s2)C1. The first kappa shape index (κ1) is 21.8. The quantitative estimate of drug-likeness (QED) is 0.276. The van der Waals surface area contributed by atoms with Crippen molar-refractivity contribution >= 4 is 70.7 Å². The number of hydrogen-bond donors (Lipinski definition) is 1. The van der Waals surface area contributed by atoms with E-state index in [2.05, 4.69) is 11.4 Å². The van der Waals surface area contributed by atoms with Crippen LogP contribution in [0.25, 0.3) is 31.0 Å². The molecule has 2 aliphatic heterocycles. The lowest BCUT2D eigenvalue weighted by atomic mass is 10.0. The Morgan fingerprint density at radius 3 is 2.81 bits per heavy atom. The lowest BCUT2D eigenvalue weighted by molar-refractivity contribution is 0.103. The highest BCUT2D eigenvalue weighted by Crippen LogP contribution is 2.48. The van der Waals surface area contributed by atoms with Crippen LogP contribution < -0.4 is 14.8 Å². The smallest absolute Gasteiger partial charge is 0.410 e. The number of carbonyl (C=O) groups is 1. The molecule has 0 fully saturated rings. The van der Waals surface area contributed by atoms with Crippen molar-refractivity contribution in [2.75, 3.05) is 25.3 Å². The van der Waals surface area contributed by atoms with E-state index >= 15 is 0 Å². The number of thiazole rings is 2. The van der Waals surface area contributed by atoms with Crippen LogP contribution in [-0.2, 0) is 17.7 Å². The number of nitrogens with one attached hydrogen (secondary N) is 1. The molecule has 7 rings (SSSR count). The van der Waals surface area contributed by atoms with Gasteiger partial charge >= 0.3 is 6.09 Å². The lowest BCUT2D eigenvalue weighted by Crippen LogP contribution is -2.35. The van der Waals surface area contributed by atoms with E-state index in [1.54, 1.807) is 38.9 Å². The maximum Gasteiger partial charge on any atom is 0.410 e. The van der Waals surface area contributed by atoms with Gasteiger partial charge in [0.15, 0.2) is 16.6 Å². The summed E-state index contributed by atoms with van der Waals surface area (Å²) in [5, 5.41) is 6.34. The number of ether oxygens (including phenoxy) is 3. The molecular weight excluding hydrogens is 517 g/mol. The molecule has 5 aromatic rings. The summed E-state index contributed by atoms with van der Waals surface area (Å²) in [7, 11) is 0. The molecule has 0 spiro atoms. The van der Waals surface area contributed by atoms with Gasteiger partial charge in [0.25, 0.3) is 0 Å². The highest BCUT2D eigenvalue weighted by atomic mass is 32.1. The average Bonchev–Trinajstić information content (AvgIpc) is 3.65. The zero-order valence-electron chi connectivity index (χ0n) is 19.2. The van der Waals surface area contributed by atoms with E-state index in [9.17, 15) is 4.79 Å². The Bertz CT molecular complexity index is 1570. The number of anilines is 2. The zero-order chi connectivity index (χ0) is 24.2. The van der Waals surface area contributed by atoms with Crippen molar-refractivity contribution in [1.82, 2.24) is 14.9 Å². The van der Waals surface area contributed by atoms with Gasteiger partial charge in [0.2, 0.25) is 6.79 Å². The van der Waals surface area contributed by atoms with Gasteiger partial charge in [-0.15, -0.1) is 22.7 Å². The Hall–Kier alpha value is -3.41. The molecule has 0 bridgehead atoms. The van der Waals surface area contributed by atoms with E-state index in [-0.39, 0.29) is 12.9 Å². The highest BCUT2D eigenvalue weighted by Gasteiger charge is 2.30. The fourth-order valence-corrected chi connectivity index (χ4v) is 7.85. The monoisotopic (exact) mass is 536 g/mol. The zero-order valence-corrected chi connectivity index (χ0v) is 21.6. The lowest BCUT2D eigenvalue weighted by Gasteiger charge is -2.26. The van der Waals surface area contributed by atoms with Gasteiger partial charge in [0.1, 0.15) is 10.0 Å². The van der Waals surface area contributed by atoms with Gasteiger partial charge in [0.05, 0.1) is 33.6 Å². The molecule has 1 N–H and O–H groups in total. The van der Waals surface area contributed by atoms with E-state index in [4.69, 9.17) is 24.2 Å². The van der Waals surface area contributed by atoms with E-state index in [0.29, 0.717) is 19.7 Å². The first-order valence-electron chi connectivity index (χ1n) is 11.6. The van der Waals surface area contributed by atoms with Crippen molar-refractivity contribution in [3.05, 3.63) is 46.8 Å². The number of thiophene rings is 1. The second-order valence-electron chi connectivity index (χ2n) is 8.38. The van der Waals surface area contributed by atoms with E-state index in [1.165, 1.54) is 5.56 Å². The van der Waals surface area contributed by atoms with Crippen molar-refractivity contribution in [2.24, 2.45) is 0 Å². The molecule has 2 aromatic carbocycles. The Morgan fingerprint density at radius 1 is 1.08 bits per heavy atom. The van der Waals surface area contributed by atoms with Crippen molar-refractivity contribution in [3.63, 3.8) is 0 Å². The number of amides is 1. The molecule has 0 radical (unpaired) electrons. The predicted octanol–water partition coefficient (Wildman–Crippen LogP) is 6.62. The van der Waals surface area contributed by atoms with Gasteiger partial charge in [-0.2, -0.15) is 0 Å². The van der Waals surface area contributed by atoms with E-state index in [0.717, 1.165) is 63.9 Å². The van der Waals surface area contributed by atoms with Gasteiger partial charge in [-0.05, 0) is 31.0 Å². The normalized spacial score (nSPS) is 14.4. The highest BCUT2D eigenvalue weighted by molar-refractivity contribution is 7.24. The standard InChI is InChI=1S/C25H20N4O4S3/c1-2-31-25(30)29-8-7-13-20(11-29)35-23(21(13)22-26-14-5-3-4-6-18(14)34-22)28-24-27-15-9-16-17(33-12-32-16)10-19(15)36-24/h3-6,9-10H,2,7-8,11-12H2,1H3,(H,27,28). The Morgan fingerprint density at radius 2 is 1.94 bits per heavy atom. The number of benzene rings is 2. The average molecular weight is 537 g/mol. The number of rotatable bonds is 4. The first-order valence-corrected chi connectivity index (χ1v) is 14.0. The van der Waals surface area contributed by atoms with Crippen molar-refractivity contribution < 1.29 is 19.0 Å².